The molecule has 2 rings (SSSR count). The van der Waals surface area contributed by atoms with Gasteiger partial charge in [-0.2, -0.15) is 5.10 Å². The first-order valence-electron chi connectivity index (χ1n) is 7.11. The highest BCUT2D eigenvalue weighted by Gasteiger charge is 2.15. The Morgan fingerprint density at radius 2 is 2.05 bits per heavy atom. The van der Waals surface area contributed by atoms with Gasteiger partial charge in [-0.15, -0.1) is 0 Å². The molecule has 6 heteroatoms. The zero-order valence-corrected chi connectivity index (χ0v) is 11.6. The highest BCUT2D eigenvalue weighted by molar-refractivity contribution is 5.79. The molecule has 106 valence electrons. The van der Waals surface area contributed by atoms with E-state index in [2.05, 4.69) is 20.3 Å². The standard InChI is InChI=1S/C13H23N5O/c1-12(18-11-14-10-16-18)13(19)15-6-9-17-7-4-2-3-5-8-17/h10-12H,2-9H2,1H3,(H,15,19)/t12-/m1/s1. The number of likely N-dealkylation sites (tertiary alicyclic amines) is 1. The molecule has 1 amide bonds. The number of nitrogens with zero attached hydrogens (tertiary/aromatic N) is 4. The summed E-state index contributed by atoms with van der Waals surface area (Å²) in [6.07, 6.45) is 8.26. The van der Waals surface area contributed by atoms with Crippen molar-refractivity contribution in [2.45, 2.75) is 38.6 Å². The lowest BCUT2D eigenvalue weighted by molar-refractivity contribution is -0.124. The number of hydrogen-bond donors (Lipinski definition) is 1. The minimum absolute atomic E-state index is 0.000298. The van der Waals surface area contributed by atoms with Crippen molar-refractivity contribution in [1.29, 1.82) is 0 Å². The van der Waals surface area contributed by atoms with Crippen LogP contribution < -0.4 is 5.32 Å². The zero-order chi connectivity index (χ0) is 13.5. The lowest BCUT2D eigenvalue weighted by Gasteiger charge is -2.20. The Bertz CT molecular complexity index is 370. The van der Waals surface area contributed by atoms with Gasteiger partial charge in [0.25, 0.3) is 0 Å². The second-order valence-electron chi connectivity index (χ2n) is 5.10. The van der Waals surface area contributed by atoms with E-state index in [1.807, 2.05) is 6.92 Å². The molecule has 0 aromatic carbocycles. The first-order valence-corrected chi connectivity index (χ1v) is 7.11. The number of rotatable bonds is 5. The number of carbonyl (C=O) groups excluding carboxylic acids is 1. The summed E-state index contributed by atoms with van der Waals surface area (Å²) in [5, 5.41) is 6.95. The molecule has 1 aromatic heterocycles. The van der Waals surface area contributed by atoms with Crippen molar-refractivity contribution in [1.82, 2.24) is 25.0 Å². The largest absolute Gasteiger partial charge is 0.353 e. The van der Waals surface area contributed by atoms with E-state index in [1.54, 1.807) is 11.0 Å². The molecule has 0 aliphatic carbocycles. The van der Waals surface area contributed by atoms with E-state index >= 15 is 0 Å². The van der Waals surface area contributed by atoms with Gasteiger partial charge in [0.1, 0.15) is 18.7 Å². The predicted molar refractivity (Wildman–Crippen MR) is 72.7 cm³/mol. The summed E-state index contributed by atoms with van der Waals surface area (Å²) >= 11 is 0. The van der Waals surface area contributed by atoms with Crippen molar-refractivity contribution >= 4 is 5.91 Å². The molecule has 0 unspecified atom stereocenters. The van der Waals surface area contributed by atoms with Crippen molar-refractivity contribution in [3.63, 3.8) is 0 Å². The Kier molecular flexibility index (Phi) is 5.32. The SMILES string of the molecule is C[C@H](C(=O)NCCN1CCCCCC1)n1cncn1. The van der Waals surface area contributed by atoms with Gasteiger partial charge in [-0.05, 0) is 32.9 Å². The number of aromatic nitrogens is 3. The molecule has 1 aliphatic heterocycles. The highest BCUT2D eigenvalue weighted by atomic mass is 16.2. The average molecular weight is 265 g/mol. The van der Waals surface area contributed by atoms with Crippen molar-refractivity contribution in [2.75, 3.05) is 26.2 Å². The third-order valence-corrected chi connectivity index (χ3v) is 3.64. The Morgan fingerprint density at radius 1 is 1.32 bits per heavy atom. The van der Waals surface area contributed by atoms with Gasteiger partial charge in [-0.1, -0.05) is 12.8 Å². The van der Waals surface area contributed by atoms with Crippen LogP contribution in [0.25, 0.3) is 0 Å². The van der Waals surface area contributed by atoms with E-state index < -0.39 is 0 Å². The van der Waals surface area contributed by atoms with Crippen molar-refractivity contribution < 1.29 is 4.79 Å². The Labute approximate surface area is 114 Å². The normalized spacial score (nSPS) is 18.8. The molecule has 1 aliphatic rings. The molecule has 0 bridgehead atoms. The van der Waals surface area contributed by atoms with Crippen LogP contribution in [0.4, 0.5) is 0 Å². The van der Waals surface area contributed by atoms with Crippen molar-refractivity contribution in [3.05, 3.63) is 12.7 Å². The Hall–Kier alpha value is -1.43. The third-order valence-electron chi connectivity index (χ3n) is 3.64. The fourth-order valence-corrected chi connectivity index (χ4v) is 2.38. The fourth-order valence-electron chi connectivity index (χ4n) is 2.38. The van der Waals surface area contributed by atoms with E-state index in [4.69, 9.17) is 0 Å². The molecule has 1 saturated heterocycles. The van der Waals surface area contributed by atoms with Gasteiger partial charge in [-0.3, -0.25) is 4.79 Å². The van der Waals surface area contributed by atoms with Crippen LogP contribution in [0.2, 0.25) is 0 Å². The van der Waals surface area contributed by atoms with E-state index in [1.165, 1.54) is 32.0 Å². The highest BCUT2D eigenvalue weighted by Crippen LogP contribution is 2.08. The maximum atomic E-state index is 11.9. The zero-order valence-electron chi connectivity index (χ0n) is 11.6. The smallest absolute Gasteiger partial charge is 0.244 e. The molecule has 1 N–H and O–H groups in total. The van der Waals surface area contributed by atoms with Gasteiger partial charge in [0.2, 0.25) is 5.91 Å². The predicted octanol–water partition coefficient (Wildman–Crippen LogP) is 0.831. The number of nitrogens with one attached hydrogen (secondary N) is 1. The maximum Gasteiger partial charge on any atom is 0.244 e. The van der Waals surface area contributed by atoms with Crippen LogP contribution in [0.15, 0.2) is 12.7 Å². The lowest BCUT2D eigenvalue weighted by atomic mass is 10.2. The summed E-state index contributed by atoms with van der Waals surface area (Å²) in [5.74, 6) is 0.000298. The molecule has 6 nitrogen and oxygen atoms in total. The summed E-state index contributed by atoms with van der Waals surface area (Å²) in [4.78, 5) is 18.2. The van der Waals surface area contributed by atoms with Crippen LogP contribution in [0.3, 0.4) is 0 Å². The molecule has 0 radical (unpaired) electrons. The maximum absolute atomic E-state index is 11.9. The van der Waals surface area contributed by atoms with Crippen molar-refractivity contribution in [2.24, 2.45) is 0 Å². The number of amides is 1. The number of carbonyl (C=O) groups is 1. The fraction of sp³-hybridized carbons (Fsp3) is 0.769. The molecule has 1 aromatic rings. The molecule has 1 atom stereocenters. The van der Waals surface area contributed by atoms with Gasteiger partial charge in [0.15, 0.2) is 0 Å². The van der Waals surface area contributed by atoms with E-state index in [-0.39, 0.29) is 11.9 Å². The third kappa shape index (κ3) is 4.31. The molecule has 0 saturated carbocycles. The van der Waals surface area contributed by atoms with Crippen LogP contribution in [0, 0.1) is 0 Å². The van der Waals surface area contributed by atoms with Crippen LogP contribution in [-0.4, -0.2) is 51.8 Å². The van der Waals surface area contributed by atoms with Crippen LogP contribution >= 0.6 is 0 Å². The first kappa shape index (κ1) is 14.0. The molecule has 0 spiro atoms. The first-order chi connectivity index (χ1) is 9.27. The topological polar surface area (TPSA) is 63.1 Å². The van der Waals surface area contributed by atoms with Gasteiger partial charge in [0, 0.05) is 13.1 Å². The Balaban J connectivity index is 1.68. The average Bonchev–Trinajstić information content (AvgIpc) is 2.83. The van der Waals surface area contributed by atoms with Gasteiger partial charge >= 0.3 is 0 Å². The van der Waals surface area contributed by atoms with Crippen LogP contribution in [0.5, 0.6) is 0 Å². The summed E-state index contributed by atoms with van der Waals surface area (Å²) in [6, 6.07) is -0.299. The molecular weight excluding hydrogens is 242 g/mol. The minimum Gasteiger partial charge on any atom is -0.353 e. The molecule has 2 heterocycles. The summed E-state index contributed by atoms with van der Waals surface area (Å²) in [7, 11) is 0. The molecule has 19 heavy (non-hydrogen) atoms. The van der Waals surface area contributed by atoms with E-state index in [0.717, 1.165) is 19.6 Å². The number of hydrogen-bond acceptors (Lipinski definition) is 4. The van der Waals surface area contributed by atoms with E-state index in [9.17, 15) is 4.79 Å². The van der Waals surface area contributed by atoms with Crippen LogP contribution in [-0.2, 0) is 4.79 Å². The van der Waals surface area contributed by atoms with Gasteiger partial charge < -0.3 is 10.2 Å². The monoisotopic (exact) mass is 265 g/mol. The van der Waals surface area contributed by atoms with Crippen molar-refractivity contribution in [3.8, 4) is 0 Å². The molecular formula is C13H23N5O. The summed E-state index contributed by atoms with van der Waals surface area (Å²) in [6.45, 7) is 5.80. The minimum atomic E-state index is -0.299. The second kappa shape index (κ2) is 7.23. The van der Waals surface area contributed by atoms with Crippen LogP contribution in [0.1, 0.15) is 38.6 Å². The van der Waals surface area contributed by atoms with Gasteiger partial charge in [0.05, 0.1) is 0 Å². The molecule has 1 fully saturated rings. The summed E-state index contributed by atoms with van der Waals surface area (Å²) in [5.41, 5.74) is 0. The van der Waals surface area contributed by atoms with Gasteiger partial charge in [-0.25, -0.2) is 9.67 Å². The quantitative estimate of drug-likeness (QED) is 0.856. The Morgan fingerprint density at radius 3 is 2.68 bits per heavy atom. The lowest BCUT2D eigenvalue weighted by Crippen LogP contribution is -2.38. The summed E-state index contributed by atoms with van der Waals surface area (Å²) < 4.78 is 1.57. The van der Waals surface area contributed by atoms with E-state index in [0.29, 0.717) is 6.54 Å². The second-order valence-corrected chi connectivity index (χ2v) is 5.10.